The fourth-order valence-corrected chi connectivity index (χ4v) is 2.72. The van der Waals surface area contributed by atoms with Gasteiger partial charge in [-0.15, -0.1) is 11.6 Å². The second-order valence-electron chi connectivity index (χ2n) is 4.57. The van der Waals surface area contributed by atoms with Crippen LogP contribution in [0.25, 0.3) is 11.1 Å². The monoisotopic (exact) mass is 256 g/mol. The van der Waals surface area contributed by atoms with Gasteiger partial charge < -0.3 is 0 Å². The molecule has 0 radical (unpaired) electrons. The molecule has 0 heterocycles. The maximum atomic E-state index is 11.8. The molecule has 0 amide bonds. The SMILES string of the molecule is O=C(CCCl)c1ccc2c(c1)Cc1ccccc1-2. The molecule has 2 aromatic rings. The lowest BCUT2D eigenvalue weighted by Gasteiger charge is -2.03. The summed E-state index contributed by atoms with van der Waals surface area (Å²) in [5.74, 6) is 0.514. The molecule has 18 heavy (non-hydrogen) atoms. The van der Waals surface area contributed by atoms with E-state index in [4.69, 9.17) is 11.6 Å². The molecule has 2 aromatic carbocycles. The molecule has 0 bridgehead atoms. The van der Waals surface area contributed by atoms with Crippen LogP contribution in [0.3, 0.4) is 0 Å². The zero-order chi connectivity index (χ0) is 12.5. The van der Waals surface area contributed by atoms with Crippen molar-refractivity contribution in [3.63, 3.8) is 0 Å². The van der Waals surface area contributed by atoms with Crippen LogP contribution in [0.15, 0.2) is 42.5 Å². The van der Waals surface area contributed by atoms with Gasteiger partial charge in [0, 0.05) is 17.9 Å². The van der Waals surface area contributed by atoms with Gasteiger partial charge in [0.25, 0.3) is 0 Å². The number of hydrogen-bond acceptors (Lipinski definition) is 1. The van der Waals surface area contributed by atoms with Gasteiger partial charge in [-0.25, -0.2) is 0 Å². The zero-order valence-electron chi connectivity index (χ0n) is 9.95. The van der Waals surface area contributed by atoms with Gasteiger partial charge in [0.2, 0.25) is 0 Å². The molecule has 0 unspecified atom stereocenters. The summed E-state index contributed by atoms with van der Waals surface area (Å²) >= 11 is 5.62. The standard InChI is InChI=1S/C16H13ClO/c17-8-7-16(18)12-5-6-15-13(10-12)9-11-3-1-2-4-14(11)15/h1-6,10H,7-9H2. The Kier molecular flexibility index (Phi) is 2.92. The summed E-state index contributed by atoms with van der Waals surface area (Å²) in [7, 11) is 0. The number of fused-ring (bicyclic) bond motifs is 3. The minimum atomic E-state index is 0.128. The topological polar surface area (TPSA) is 17.1 Å². The molecule has 1 aliphatic rings. The third kappa shape index (κ3) is 1.85. The molecule has 0 aliphatic heterocycles. The van der Waals surface area contributed by atoms with Crippen LogP contribution < -0.4 is 0 Å². The first-order valence-electron chi connectivity index (χ1n) is 6.10. The molecule has 1 nitrogen and oxygen atoms in total. The first kappa shape index (κ1) is 11.5. The molecule has 0 saturated heterocycles. The van der Waals surface area contributed by atoms with Crippen LogP contribution in [-0.2, 0) is 6.42 Å². The van der Waals surface area contributed by atoms with E-state index in [1.165, 1.54) is 22.3 Å². The van der Waals surface area contributed by atoms with Gasteiger partial charge in [-0.3, -0.25) is 4.79 Å². The highest BCUT2D eigenvalue weighted by atomic mass is 35.5. The van der Waals surface area contributed by atoms with E-state index in [1.807, 2.05) is 12.1 Å². The first-order chi connectivity index (χ1) is 8.79. The predicted octanol–water partition coefficient (Wildman–Crippen LogP) is 4.07. The average Bonchev–Trinajstić information content (AvgIpc) is 2.76. The van der Waals surface area contributed by atoms with Crippen LogP contribution in [0.2, 0.25) is 0 Å². The van der Waals surface area contributed by atoms with Crippen molar-refractivity contribution in [2.24, 2.45) is 0 Å². The van der Waals surface area contributed by atoms with Gasteiger partial charge >= 0.3 is 0 Å². The van der Waals surface area contributed by atoms with E-state index in [1.54, 1.807) is 0 Å². The molecule has 0 N–H and O–H groups in total. The van der Waals surface area contributed by atoms with Crippen molar-refractivity contribution < 1.29 is 4.79 Å². The summed E-state index contributed by atoms with van der Waals surface area (Å²) in [6.45, 7) is 0. The third-order valence-corrected chi connectivity index (χ3v) is 3.63. The summed E-state index contributed by atoms with van der Waals surface area (Å²) in [6, 6.07) is 14.4. The molecule has 1 aliphatic carbocycles. The van der Waals surface area contributed by atoms with Crippen LogP contribution >= 0.6 is 11.6 Å². The van der Waals surface area contributed by atoms with E-state index in [0.29, 0.717) is 12.3 Å². The third-order valence-electron chi connectivity index (χ3n) is 3.44. The minimum absolute atomic E-state index is 0.128. The Hall–Kier alpha value is -1.60. The second-order valence-corrected chi connectivity index (χ2v) is 4.95. The number of ketones is 1. The van der Waals surface area contributed by atoms with Crippen molar-refractivity contribution in [3.05, 3.63) is 59.2 Å². The first-order valence-corrected chi connectivity index (χ1v) is 6.63. The van der Waals surface area contributed by atoms with Gasteiger partial charge in [-0.2, -0.15) is 0 Å². The van der Waals surface area contributed by atoms with Crippen molar-refractivity contribution in [2.75, 3.05) is 5.88 Å². The zero-order valence-corrected chi connectivity index (χ0v) is 10.7. The van der Waals surface area contributed by atoms with Gasteiger partial charge in [0.1, 0.15) is 0 Å². The van der Waals surface area contributed by atoms with Crippen LogP contribution in [0, 0.1) is 0 Å². The molecule has 90 valence electrons. The van der Waals surface area contributed by atoms with Crippen LogP contribution in [-0.4, -0.2) is 11.7 Å². The number of carbonyl (C=O) groups is 1. The highest BCUT2D eigenvalue weighted by Gasteiger charge is 2.18. The van der Waals surface area contributed by atoms with Crippen molar-refractivity contribution in [2.45, 2.75) is 12.8 Å². The van der Waals surface area contributed by atoms with Crippen LogP contribution in [0.4, 0.5) is 0 Å². The highest BCUT2D eigenvalue weighted by Crippen LogP contribution is 2.36. The second kappa shape index (κ2) is 4.58. The molecule has 3 rings (SSSR count). The Morgan fingerprint density at radius 1 is 1.06 bits per heavy atom. The lowest BCUT2D eigenvalue weighted by Crippen LogP contribution is -2.00. The van der Waals surface area contributed by atoms with Gasteiger partial charge in [-0.1, -0.05) is 36.4 Å². The molecular weight excluding hydrogens is 244 g/mol. The molecular formula is C16H13ClO. The number of Topliss-reactive ketones (excluding diaryl/α,β-unsaturated/α-hetero) is 1. The highest BCUT2D eigenvalue weighted by molar-refractivity contribution is 6.19. The van der Waals surface area contributed by atoms with Gasteiger partial charge in [-0.05, 0) is 34.7 Å². The largest absolute Gasteiger partial charge is 0.294 e. The van der Waals surface area contributed by atoms with E-state index in [2.05, 4.69) is 30.3 Å². The normalized spacial score (nSPS) is 12.1. The fraction of sp³-hybridized carbons (Fsp3) is 0.188. The number of rotatable bonds is 3. The Labute approximate surface area is 111 Å². The summed E-state index contributed by atoms with van der Waals surface area (Å²) in [6.07, 6.45) is 1.33. The molecule has 0 fully saturated rings. The summed E-state index contributed by atoms with van der Waals surface area (Å²) in [5.41, 5.74) is 5.92. The van der Waals surface area contributed by atoms with Crippen molar-refractivity contribution in [3.8, 4) is 11.1 Å². The molecule has 0 saturated carbocycles. The molecule has 0 atom stereocenters. The lowest BCUT2D eigenvalue weighted by molar-refractivity contribution is 0.0989. The summed E-state index contributed by atoms with van der Waals surface area (Å²) in [5, 5.41) is 0. The Morgan fingerprint density at radius 3 is 2.67 bits per heavy atom. The van der Waals surface area contributed by atoms with Crippen molar-refractivity contribution >= 4 is 17.4 Å². The van der Waals surface area contributed by atoms with Gasteiger partial charge in [0.05, 0.1) is 0 Å². The maximum absolute atomic E-state index is 11.8. The molecule has 0 aromatic heterocycles. The number of halogens is 1. The fourth-order valence-electron chi connectivity index (χ4n) is 2.55. The number of benzene rings is 2. The van der Waals surface area contributed by atoms with E-state index >= 15 is 0 Å². The van der Waals surface area contributed by atoms with Crippen molar-refractivity contribution in [1.29, 1.82) is 0 Å². The average molecular weight is 257 g/mol. The summed E-state index contributed by atoms with van der Waals surface area (Å²) < 4.78 is 0. The molecule has 2 heteroatoms. The molecule has 0 spiro atoms. The smallest absolute Gasteiger partial charge is 0.164 e. The maximum Gasteiger partial charge on any atom is 0.164 e. The Balaban J connectivity index is 2.01. The van der Waals surface area contributed by atoms with E-state index in [0.717, 1.165) is 12.0 Å². The lowest BCUT2D eigenvalue weighted by atomic mass is 10.0. The van der Waals surface area contributed by atoms with Crippen LogP contribution in [0.1, 0.15) is 27.9 Å². The van der Waals surface area contributed by atoms with Crippen molar-refractivity contribution in [1.82, 2.24) is 0 Å². The van der Waals surface area contributed by atoms with Gasteiger partial charge in [0.15, 0.2) is 5.78 Å². The van der Waals surface area contributed by atoms with E-state index in [9.17, 15) is 4.79 Å². The number of hydrogen-bond donors (Lipinski definition) is 0. The quantitative estimate of drug-likeness (QED) is 0.510. The van der Waals surface area contributed by atoms with Crippen LogP contribution in [0.5, 0.6) is 0 Å². The predicted molar refractivity (Wildman–Crippen MR) is 74.4 cm³/mol. The van der Waals surface area contributed by atoms with E-state index < -0.39 is 0 Å². The number of carbonyl (C=O) groups excluding carboxylic acids is 1. The Morgan fingerprint density at radius 2 is 1.83 bits per heavy atom. The Bertz CT molecular complexity index is 616. The number of alkyl halides is 1. The minimum Gasteiger partial charge on any atom is -0.294 e. The van der Waals surface area contributed by atoms with E-state index in [-0.39, 0.29) is 5.78 Å². The summed E-state index contributed by atoms with van der Waals surface area (Å²) in [4.78, 5) is 11.8.